The molecule has 0 radical (unpaired) electrons. The van der Waals surface area contributed by atoms with Crippen LogP contribution in [-0.4, -0.2) is 33.0 Å². The fourth-order valence-electron chi connectivity index (χ4n) is 3.91. The molecule has 0 atom stereocenters. The molecule has 180 valence electrons. The summed E-state index contributed by atoms with van der Waals surface area (Å²) in [6, 6.07) is 12.4. The number of aryl methyl sites for hydroxylation is 1. The topological polar surface area (TPSA) is 47.9 Å². The number of thiophene rings is 1. The van der Waals surface area contributed by atoms with Crippen LogP contribution in [0, 0.1) is 6.92 Å². The highest BCUT2D eigenvalue weighted by Crippen LogP contribution is 2.39. The van der Waals surface area contributed by atoms with Crippen LogP contribution in [-0.2, 0) is 0 Å². The first-order valence-electron chi connectivity index (χ1n) is 11.5. The van der Waals surface area contributed by atoms with Crippen molar-refractivity contribution in [2.75, 3.05) is 27.9 Å². The summed E-state index contributed by atoms with van der Waals surface area (Å²) in [5.74, 6) is 1.90. The van der Waals surface area contributed by atoms with Crippen LogP contribution in [0.15, 0.2) is 60.7 Å². The zero-order valence-electron chi connectivity index (χ0n) is 20.5. The SMILES string of the molecule is COc1cc(/C=C/CC/C=C/C=C(/CCCO)c2sc3ccccc3c2C)cc(OC)c1OC. The van der Waals surface area contributed by atoms with Crippen molar-refractivity contribution in [1.82, 2.24) is 0 Å². The molecule has 1 N–H and O–H groups in total. The maximum absolute atomic E-state index is 9.36. The number of ether oxygens (including phenoxy) is 3. The highest BCUT2D eigenvalue weighted by molar-refractivity contribution is 7.20. The molecule has 0 amide bonds. The van der Waals surface area contributed by atoms with E-state index in [1.54, 1.807) is 21.3 Å². The van der Waals surface area contributed by atoms with Gasteiger partial charge in [0, 0.05) is 16.2 Å². The number of benzene rings is 2. The molecule has 0 bridgehead atoms. The van der Waals surface area contributed by atoms with Crippen LogP contribution in [0.4, 0.5) is 0 Å². The number of allylic oxidation sites excluding steroid dienone is 5. The molecule has 3 aromatic rings. The highest BCUT2D eigenvalue weighted by atomic mass is 32.1. The van der Waals surface area contributed by atoms with Gasteiger partial charge in [0.2, 0.25) is 5.75 Å². The third-order valence-corrected chi connectivity index (χ3v) is 7.02. The molecule has 0 spiro atoms. The summed E-state index contributed by atoms with van der Waals surface area (Å²) in [7, 11) is 4.85. The standard InChI is InChI=1S/C29H34O4S/c1-21-24-16-10-11-17-27(24)34-29(21)23(15-12-18-30)14-9-7-5-6-8-13-22-19-25(31-2)28(33-4)26(20-22)32-3/h7-11,13-14,16-17,19-20,30H,5-6,12,15,18H2,1-4H3/b9-7+,13-8+,23-14-. The fourth-order valence-corrected chi connectivity index (χ4v) is 5.17. The van der Waals surface area contributed by atoms with Crippen molar-refractivity contribution in [2.24, 2.45) is 0 Å². The van der Waals surface area contributed by atoms with Gasteiger partial charge in [0.15, 0.2) is 11.5 Å². The van der Waals surface area contributed by atoms with E-state index in [0.29, 0.717) is 17.2 Å². The summed E-state index contributed by atoms with van der Waals surface area (Å²) >= 11 is 1.84. The summed E-state index contributed by atoms with van der Waals surface area (Å²) in [5.41, 5.74) is 3.62. The van der Waals surface area contributed by atoms with Crippen molar-refractivity contribution < 1.29 is 19.3 Å². The van der Waals surface area contributed by atoms with Crippen molar-refractivity contribution in [3.8, 4) is 17.2 Å². The van der Waals surface area contributed by atoms with Gasteiger partial charge >= 0.3 is 0 Å². The number of unbranched alkanes of at least 4 members (excludes halogenated alkanes) is 1. The maximum Gasteiger partial charge on any atom is 0.203 e. The second-order valence-corrected chi connectivity index (χ2v) is 8.99. The van der Waals surface area contributed by atoms with Crippen molar-refractivity contribution in [3.63, 3.8) is 0 Å². The van der Waals surface area contributed by atoms with E-state index in [2.05, 4.69) is 61.6 Å². The molecule has 0 aliphatic rings. The monoisotopic (exact) mass is 478 g/mol. The average molecular weight is 479 g/mol. The molecule has 0 unspecified atom stereocenters. The zero-order chi connectivity index (χ0) is 24.3. The lowest BCUT2D eigenvalue weighted by atomic mass is 10.0. The molecule has 3 rings (SSSR count). The minimum absolute atomic E-state index is 0.205. The van der Waals surface area contributed by atoms with Crippen LogP contribution >= 0.6 is 11.3 Å². The fraction of sp³-hybridized carbons (Fsp3) is 0.310. The molecule has 4 nitrogen and oxygen atoms in total. The van der Waals surface area contributed by atoms with Gasteiger partial charge in [-0.2, -0.15) is 0 Å². The first kappa shape index (κ1) is 25.6. The number of aliphatic hydroxyl groups is 1. The summed E-state index contributed by atoms with van der Waals surface area (Å²) in [4.78, 5) is 1.32. The van der Waals surface area contributed by atoms with E-state index >= 15 is 0 Å². The zero-order valence-corrected chi connectivity index (χ0v) is 21.3. The van der Waals surface area contributed by atoms with Crippen molar-refractivity contribution in [3.05, 3.63) is 76.7 Å². The van der Waals surface area contributed by atoms with Crippen molar-refractivity contribution in [2.45, 2.75) is 32.6 Å². The minimum atomic E-state index is 0.205. The number of aliphatic hydroxyl groups excluding tert-OH is 1. The van der Waals surface area contributed by atoms with Gasteiger partial charge in [0.1, 0.15) is 0 Å². The number of hydrogen-bond donors (Lipinski definition) is 1. The van der Waals surface area contributed by atoms with E-state index in [1.165, 1.54) is 26.1 Å². The molecular weight excluding hydrogens is 444 g/mol. The molecule has 5 heteroatoms. The predicted octanol–water partition coefficient (Wildman–Crippen LogP) is 7.44. The molecule has 0 aliphatic heterocycles. The van der Waals surface area contributed by atoms with Gasteiger partial charge in [0.25, 0.3) is 0 Å². The van der Waals surface area contributed by atoms with Crippen molar-refractivity contribution >= 4 is 33.1 Å². The maximum atomic E-state index is 9.36. The third-order valence-electron chi connectivity index (χ3n) is 5.67. The van der Waals surface area contributed by atoms with Gasteiger partial charge in [-0.25, -0.2) is 0 Å². The van der Waals surface area contributed by atoms with Crippen LogP contribution in [0.3, 0.4) is 0 Å². The molecule has 34 heavy (non-hydrogen) atoms. The first-order chi connectivity index (χ1) is 16.6. The van der Waals surface area contributed by atoms with Gasteiger partial charge in [-0.05, 0) is 72.9 Å². The predicted molar refractivity (Wildman–Crippen MR) is 144 cm³/mol. The summed E-state index contributed by atoms with van der Waals surface area (Å²) in [6.07, 6.45) is 14.3. The van der Waals surface area contributed by atoms with Crippen LogP contribution in [0.25, 0.3) is 21.7 Å². The Morgan fingerprint density at radius 1 is 0.971 bits per heavy atom. The summed E-state index contributed by atoms with van der Waals surface area (Å²) in [5, 5.41) is 10.7. The molecular formula is C29H34O4S. The van der Waals surface area contributed by atoms with E-state index in [1.807, 2.05) is 23.5 Å². The Balaban J connectivity index is 1.66. The van der Waals surface area contributed by atoms with Gasteiger partial charge in [-0.15, -0.1) is 11.3 Å². The van der Waals surface area contributed by atoms with E-state index in [-0.39, 0.29) is 6.61 Å². The molecule has 2 aromatic carbocycles. The summed E-state index contributed by atoms with van der Waals surface area (Å²) in [6.45, 7) is 2.40. The van der Waals surface area contributed by atoms with Crippen LogP contribution in [0.1, 0.15) is 41.7 Å². The van der Waals surface area contributed by atoms with E-state index in [4.69, 9.17) is 14.2 Å². The highest BCUT2D eigenvalue weighted by Gasteiger charge is 2.12. The van der Waals surface area contributed by atoms with Crippen LogP contribution in [0.2, 0.25) is 0 Å². The van der Waals surface area contributed by atoms with E-state index < -0.39 is 0 Å². The Kier molecular flexibility index (Phi) is 9.80. The van der Waals surface area contributed by atoms with Gasteiger partial charge in [0.05, 0.1) is 21.3 Å². The second-order valence-electron chi connectivity index (χ2n) is 7.94. The Morgan fingerprint density at radius 2 is 1.68 bits per heavy atom. The largest absolute Gasteiger partial charge is 0.493 e. The summed E-state index contributed by atoms with van der Waals surface area (Å²) < 4.78 is 17.5. The molecule has 0 aliphatic carbocycles. The first-order valence-corrected chi connectivity index (χ1v) is 12.4. The Morgan fingerprint density at radius 3 is 2.32 bits per heavy atom. The van der Waals surface area contributed by atoms with Crippen molar-refractivity contribution in [1.29, 1.82) is 0 Å². The second kappa shape index (κ2) is 13.0. The smallest absolute Gasteiger partial charge is 0.203 e. The number of methoxy groups -OCH3 is 3. The Labute approximate surface area is 206 Å². The quantitative estimate of drug-likeness (QED) is 0.217. The molecule has 0 saturated heterocycles. The Hall–Kier alpha value is -3.02. The minimum Gasteiger partial charge on any atom is -0.493 e. The average Bonchev–Trinajstić information content (AvgIpc) is 3.20. The lowest BCUT2D eigenvalue weighted by Crippen LogP contribution is -1.95. The van der Waals surface area contributed by atoms with E-state index in [0.717, 1.165) is 31.2 Å². The van der Waals surface area contributed by atoms with Crippen LogP contribution < -0.4 is 14.2 Å². The molecule has 1 aromatic heterocycles. The number of rotatable bonds is 12. The van der Waals surface area contributed by atoms with Gasteiger partial charge < -0.3 is 19.3 Å². The molecule has 0 saturated carbocycles. The number of hydrogen-bond acceptors (Lipinski definition) is 5. The van der Waals surface area contributed by atoms with E-state index in [9.17, 15) is 5.11 Å². The van der Waals surface area contributed by atoms with Gasteiger partial charge in [-0.3, -0.25) is 0 Å². The lowest BCUT2D eigenvalue weighted by Gasteiger charge is -2.12. The third kappa shape index (κ3) is 6.31. The number of fused-ring (bicyclic) bond motifs is 1. The molecule has 1 heterocycles. The molecule has 0 fully saturated rings. The normalized spacial score (nSPS) is 12.2. The Bertz CT molecular complexity index is 1150. The van der Waals surface area contributed by atoms with Crippen LogP contribution in [0.5, 0.6) is 17.2 Å². The van der Waals surface area contributed by atoms with Gasteiger partial charge in [-0.1, -0.05) is 48.6 Å². The lowest BCUT2D eigenvalue weighted by molar-refractivity contribution is 0.290.